The van der Waals surface area contributed by atoms with E-state index in [1.54, 1.807) is 0 Å². The second-order valence-corrected chi connectivity index (χ2v) is 3.97. The second kappa shape index (κ2) is 18.7. The SMILES string of the molecule is CCCCCCCCCCCC(=O)O.[Ca+2].[H-].[H-].[Zn]. The molecule has 0 bridgehead atoms. The van der Waals surface area contributed by atoms with E-state index in [0.29, 0.717) is 6.42 Å². The number of carboxylic acid groups (broad SMARTS) is 1. The van der Waals surface area contributed by atoms with Gasteiger partial charge in [0, 0.05) is 25.9 Å². The van der Waals surface area contributed by atoms with Gasteiger partial charge >= 0.3 is 43.7 Å². The second-order valence-electron chi connectivity index (χ2n) is 3.97. The van der Waals surface area contributed by atoms with E-state index in [1.807, 2.05) is 0 Å². The molecule has 0 spiro atoms. The fourth-order valence-electron chi connectivity index (χ4n) is 1.59. The van der Waals surface area contributed by atoms with Crippen molar-refractivity contribution in [3.63, 3.8) is 0 Å². The van der Waals surface area contributed by atoms with Crippen LogP contribution in [0.3, 0.4) is 0 Å². The summed E-state index contributed by atoms with van der Waals surface area (Å²) in [5.74, 6) is -0.659. The first-order valence-corrected chi connectivity index (χ1v) is 5.99. The number of unbranched alkanes of at least 4 members (excludes halogenated alkanes) is 8. The standard InChI is InChI=1S/C12H24O2.Ca.Zn.2H/c1-2-3-4-5-6-7-8-9-10-11-12(13)14;;;;/h2-11H2,1H3,(H,13,14);;;;/q;+2;;2*-1. The Bertz CT molecular complexity index is 152. The first kappa shape index (κ1) is 22.5. The van der Waals surface area contributed by atoms with Crippen molar-refractivity contribution in [3.05, 3.63) is 0 Å². The van der Waals surface area contributed by atoms with Gasteiger partial charge in [0.2, 0.25) is 0 Å². The molecule has 0 saturated carbocycles. The summed E-state index contributed by atoms with van der Waals surface area (Å²) in [7, 11) is 0. The molecule has 1 N–H and O–H groups in total. The van der Waals surface area contributed by atoms with Gasteiger partial charge in [-0.05, 0) is 6.42 Å². The van der Waals surface area contributed by atoms with Crippen molar-refractivity contribution in [2.24, 2.45) is 0 Å². The van der Waals surface area contributed by atoms with E-state index in [9.17, 15) is 4.79 Å². The van der Waals surface area contributed by atoms with Crippen LogP contribution < -0.4 is 0 Å². The molecule has 0 aliphatic carbocycles. The third kappa shape index (κ3) is 20.7. The maximum absolute atomic E-state index is 10.2. The van der Waals surface area contributed by atoms with E-state index in [4.69, 9.17) is 5.11 Å². The van der Waals surface area contributed by atoms with E-state index >= 15 is 0 Å². The van der Waals surface area contributed by atoms with Gasteiger partial charge in [0.05, 0.1) is 0 Å². The molecule has 0 aliphatic heterocycles. The van der Waals surface area contributed by atoms with Crippen LogP contribution in [-0.4, -0.2) is 48.8 Å². The molecule has 0 aromatic carbocycles. The summed E-state index contributed by atoms with van der Waals surface area (Å²) in [5.41, 5.74) is 0. The Morgan fingerprint density at radius 3 is 1.69 bits per heavy atom. The summed E-state index contributed by atoms with van der Waals surface area (Å²) in [6.45, 7) is 2.23. The zero-order valence-electron chi connectivity index (χ0n) is 12.8. The minimum Gasteiger partial charge on any atom is -1.00 e. The summed E-state index contributed by atoms with van der Waals surface area (Å²) in [4.78, 5) is 10.2. The van der Waals surface area contributed by atoms with E-state index in [1.165, 1.54) is 44.9 Å². The van der Waals surface area contributed by atoms with Crippen LogP contribution in [0.25, 0.3) is 0 Å². The van der Waals surface area contributed by atoms with E-state index in [-0.39, 0.29) is 60.1 Å². The zero-order chi connectivity index (χ0) is 10.6. The monoisotopic (exact) mass is 306 g/mol. The van der Waals surface area contributed by atoms with Crippen LogP contribution in [0.2, 0.25) is 0 Å². The fourth-order valence-corrected chi connectivity index (χ4v) is 1.59. The molecule has 4 heteroatoms. The van der Waals surface area contributed by atoms with Gasteiger partial charge < -0.3 is 7.96 Å². The van der Waals surface area contributed by atoms with Gasteiger partial charge in [0.25, 0.3) is 0 Å². The molecule has 0 atom stereocenters. The minimum atomic E-state index is -0.659. The number of hydrogen-bond acceptors (Lipinski definition) is 1. The zero-order valence-corrected chi connectivity index (χ0v) is 16.0. The number of hydrogen-bond donors (Lipinski definition) is 1. The number of rotatable bonds is 10. The van der Waals surface area contributed by atoms with Crippen LogP contribution in [0.5, 0.6) is 0 Å². The molecule has 90 valence electrons. The van der Waals surface area contributed by atoms with Gasteiger partial charge in [-0.1, -0.05) is 58.3 Å². The first-order valence-electron chi connectivity index (χ1n) is 5.99. The summed E-state index contributed by atoms with van der Waals surface area (Å²) in [6.07, 6.45) is 11.5. The maximum atomic E-state index is 10.2. The van der Waals surface area contributed by atoms with Crippen molar-refractivity contribution in [1.82, 2.24) is 0 Å². The molecule has 0 aliphatic rings. The smallest absolute Gasteiger partial charge is 1.00 e. The van der Waals surface area contributed by atoms with Crippen LogP contribution in [0.1, 0.15) is 74.0 Å². The number of aliphatic carboxylic acids is 1. The average Bonchev–Trinajstić information content (AvgIpc) is 2.15. The molecule has 16 heavy (non-hydrogen) atoms. The molecule has 2 nitrogen and oxygen atoms in total. The quantitative estimate of drug-likeness (QED) is 0.492. The fraction of sp³-hybridized carbons (Fsp3) is 0.917. The Hall–Kier alpha value is 1.35. The summed E-state index contributed by atoms with van der Waals surface area (Å²) >= 11 is 0. The molecule has 0 heterocycles. The number of carboxylic acids is 1. The van der Waals surface area contributed by atoms with Crippen molar-refractivity contribution in [2.75, 3.05) is 0 Å². The minimum absolute atomic E-state index is 0. The Balaban J connectivity index is -0.000000141. The summed E-state index contributed by atoms with van der Waals surface area (Å²) in [5, 5.41) is 8.41. The number of carbonyl (C=O) groups is 1. The molecule has 0 rings (SSSR count). The van der Waals surface area contributed by atoms with E-state index < -0.39 is 5.97 Å². The predicted octanol–water partition coefficient (Wildman–Crippen LogP) is 3.83. The van der Waals surface area contributed by atoms with Crippen molar-refractivity contribution in [2.45, 2.75) is 71.1 Å². The van der Waals surface area contributed by atoms with Crippen molar-refractivity contribution in [3.8, 4) is 0 Å². The summed E-state index contributed by atoms with van der Waals surface area (Å²) in [6, 6.07) is 0. The van der Waals surface area contributed by atoms with E-state index in [0.717, 1.165) is 12.8 Å². The Morgan fingerprint density at radius 1 is 0.938 bits per heavy atom. The molecule has 0 fully saturated rings. The van der Waals surface area contributed by atoms with Crippen molar-refractivity contribution < 1.29 is 32.2 Å². The van der Waals surface area contributed by atoms with Crippen LogP contribution in [0.4, 0.5) is 0 Å². The molecule has 0 aromatic heterocycles. The Kier molecular flexibility index (Phi) is 26.3. The third-order valence-corrected chi connectivity index (χ3v) is 2.49. The molecule has 0 unspecified atom stereocenters. The van der Waals surface area contributed by atoms with Gasteiger partial charge in [0.15, 0.2) is 0 Å². The summed E-state index contributed by atoms with van der Waals surface area (Å²) < 4.78 is 0. The largest absolute Gasteiger partial charge is 2.00 e. The van der Waals surface area contributed by atoms with Gasteiger partial charge in [-0.3, -0.25) is 4.79 Å². The van der Waals surface area contributed by atoms with Crippen LogP contribution >= 0.6 is 0 Å². The topological polar surface area (TPSA) is 37.3 Å². The molecule has 0 amide bonds. The van der Waals surface area contributed by atoms with E-state index in [2.05, 4.69) is 6.92 Å². The Morgan fingerprint density at radius 2 is 1.31 bits per heavy atom. The predicted molar refractivity (Wildman–Crippen MR) is 67.5 cm³/mol. The van der Waals surface area contributed by atoms with Crippen LogP contribution in [0.15, 0.2) is 0 Å². The molecule has 0 aromatic rings. The van der Waals surface area contributed by atoms with Gasteiger partial charge in [-0.25, -0.2) is 0 Å². The molecular weight excluding hydrogens is 282 g/mol. The molecule has 0 saturated heterocycles. The average molecular weight is 308 g/mol. The maximum Gasteiger partial charge on any atom is 2.00 e. The molecular formula is C12H26CaO2Zn. The van der Waals surface area contributed by atoms with Crippen LogP contribution in [0, 0.1) is 0 Å². The third-order valence-electron chi connectivity index (χ3n) is 2.49. The normalized spacial score (nSPS) is 9.06. The Labute approximate surface area is 146 Å². The van der Waals surface area contributed by atoms with Crippen molar-refractivity contribution >= 4 is 43.7 Å². The van der Waals surface area contributed by atoms with Crippen LogP contribution in [-0.2, 0) is 24.3 Å². The van der Waals surface area contributed by atoms with Gasteiger partial charge in [-0.15, -0.1) is 0 Å². The first-order chi connectivity index (χ1) is 6.77. The van der Waals surface area contributed by atoms with Crippen molar-refractivity contribution in [1.29, 1.82) is 0 Å². The van der Waals surface area contributed by atoms with Gasteiger partial charge in [-0.2, -0.15) is 0 Å². The molecule has 0 radical (unpaired) electrons. The van der Waals surface area contributed by atoms with Gasteiger partial charge in [0.1, 0.15) is 0 Å².